The third-order valence-corrected chi connectivity index (χ3v) is 7.18. The van der Waals surface area contributed by atoms with E-state index in [1.54, 1.807) is 6.33 Å². The quantitative estimate of drug-likeness (QED) is 0.830. The van der Waals surface area contributed by atoms with Crippen LogP contribution in [0.15, 0.2) is 6.33 Å². The van der Waals surface area contributed by atoms with E-state index in [4.69, 9.17) is 4.98 Å². The highest BCUT2D eigenvalue weighted by molar-refractivity contribution is 7.19. The molecule has 3 aliphatic rings. The number of hydrogen-bond acceptors (Lipinski definition) is 7. The van der Waals surface area contributed by atoms with Gasteiger partial charge >= 0.3 is 0 Å². The summed E-state index contributed by atoms with van der Waals surface area (Å²) in [7, 11) is 0. The minimum Gasteiger partial charge on any atom is -0.396 e. The Bertz CT molecular complexity index is 790. The maximum absolute atomic E-state index is 9.56. The Labute approximate surface area is 158 Å². The number of nitrogens with zero attached hydrogens (tertiary/aromatic N) is 4. The van der Waals surface area contributed by atoms with Crippen LogP contribution in [0.3, 0.4) is 0 Å². The van der Waals surface area contributed by atoms with Crippen LogP contribution < -0.4 is 10.2 Å². The topological polar surface area (TPSA) is 64.5 Å². The summed E-state index contributed by atoms with van der Waals surface area (Å²) in [6, 6.07) is 0.426. The summed E-state index contributed by atoms with van der Waals surface area (Å²) < 4.78 is 0. The first-order chi connectivity index (χ1) is 12.8. The van der Waals surface area contributed by atoms with Crippen molar-refractivity contribution in [2.24, 2.45) is 5.92 Å². The first-order valence-corrected chi connectivity index (χ1v) is 10.7. The van der Waals surface area contributed by atoms with Gasteiger partial charge in [-0.15, -0.1) is 11.3 Å². The van der Waals surface area contributed by atoms with E-state index >= 15 is 0 Å². The zero-order valence-electron chi connectivity index (χ0n) is 15.2. The lowest BCUT2D eigenvalue weighted by Gasteiger charge is -2.42. The molecule has 6 nitrogen and oxygen atoms in total. The molecular weight excluding hydrogens is 346 g/mol. The van der Waals surface area contributed by atoms with E-state index in [9.17, 15) is 5.11 Å². The highest BCUT2D eigenvalue weighted by Crippen LogP contribution is 2.38. The van der Waals surface area contributed by atoms with Crippen LogP contribution in [-0.4, -0.2) is 65.3 Å². The van der Waals surface area contributed by atoms with Crippen molar-refractivity contribution in [2.45, 2.75) is 38.3 Å². The van der Waals surface area contributed by atoms with Crippen LogP contribution in [0.4, 0.5) is 5.82 Å². The number of piperazine rings is 1. The number of aliphatic hydroxyl groups is 1. The molecule has 0 unspecified atom stereocenters. The van der Waals surface area contributed by atoms with Crippen molar-refractivity contribution >= 4 is 27.4 Å². The van der Waals surface area contributed by atoms with E-state index in [2.05, 4.69) is 20.1 Å². The summed E-state index contributed by atoms with van der Waals surface area (Å²) in [4.78, 5) is 16.9. The molecule has 4 heterocycles. The van der Waals surface area contributed by atoms with Gasteiger partial charge in [0.25, 0.3) is 0 Å². The Kier molecular flexibility index (Phi) is 4.56. The first kappa shape index (κ1) is 16.9. The Balaban J connectivity index is 1.45. The second kappa shape index (κ2) is 7.03. The fourth-order valence-electron chi connectivity index (χ4n) is 4.46. The van der Waals surface area contributed by atoms with Gasteiger partial charge in [0.1, 0.15) is 17.0 Å². The maximum atomic E-state index is 9.56. The molecule has 1 atom stereocenters. The van der Waals surface area contributed by atoms with Crippen LogP contribution in [0, 0.1) is 5.92 Å². The van der Waals surface area contributed by atoms with Gasteiger partial charge in [0, 0.05) is 50.2 Å². The predicted octanol–water partition coefficient (Wildman–Crippen LogP) is 1.62. The summed E-state index contributed by atoms with van der Waals surface area (Å²) in [5.41, 5.74) is 1.46. The SMILES string of the molecule is OCC[C@@H]1CN(c2ncnc3sc4c(c23)CCNC4)CCN1CC1CC1. The van der Waals surface area contributed by atoms with Crippen molar-refractivity contribution in [1.29, 1.82) is 0 Å². The lowest BCUT2D eigenvalue weighted by atomic mass is 10.0. The minimum absolute atomic E-state index is 0.262. The average Bonchev–Trinajstić information content (AvgIpc) is 3.40. The van der Waals surface area contributed by atoms with Gasteiger partial charge in [-0.1, -0.05) is 0 Å². The molecule has 26 heavy (non-hydrogen) atoms. The van der Waals surface area contributed by atoms with Crippen molar-refractivity contribution in [1.82, 2.24) is 20.2 Å². The third-order valence-electron chi connectivity index (χ3n) is 6.04. The van der Waals surface area contributed by atoms with Gasteiger partial charge in [-0.05, 0) is 43.7 Å². The van der Waals surface area contributed by atoms with Crippen LogP contribution in [0.1, 0.15) is 29.7 Å². The zero-order valence-corrected chi connectivity index (χ0v) is 16.0. The van der Waals surface area contributed by atoms with E-state index in [-0.39, 0.29) is 6.61 Å². The van der Waals surface area contributed by atoms with Gasteiger partial charge in [0.05, 0.1) is 5.39 Å². The van der Waals surface area contributed by atoms with Crippen molar-refractivity contribution in [2.75, 3.05) is 44.2 Å². The molecule has 140 valence electrons. The molecule has 5 rings (SSSR count). The fourth-order valence-corrected chi connectivity index (χ4v) is 5.61. The fraction of sp³-hybridized carbons (Fsp3) is 0.684. The van der Waals surface area contributed by atoms with Crippen LogP contribution in [-0.2, 0) is 13.0 Å². The van der Waals surface area contributed by atoms with Crippen LogP contribution in [0.25, 0.3) is 10.2 Å². The van der Waals surface area contributed by atoms with Crippen molar-refractivity contribution in [3.05, 3.63) is 16.8 Å². The minimum atomic E-state index is 0.262. The molecule has 2 aromatic heterocycles. The van der Waals surface area contributed by atoms with Gasteiger partial charge < -0.3 is 15.3 Å². The standard InChI is InChI=1S/C19H27N5OS/c25-8-4-14-11-24(7-6-23(14)10-13-1-2-13)18-17-15-3-5-20-9-16(15)26-19(17)22-12-21-18/h12-14,20,25H,1-11H2/t14-/m1/s1. The molecule has 1 aliphatic carbocycles. The Morgan fingerprint density at radius 1 is 1.27 bits per heavy atom. The van der Waals surface area contributed by atoms with E-state index in [1.165, 1.54) is 35.2 Å². The predicted molar refractivity (Wildman–Crippen MR) is 105 cm³/mol. The monoisotopic (exact) mass is 373 g/mol. The van der Waals surface area contributed by atoms with Gasteiger partial charge in [-0.2, -0.15) is 0 Å². The number of fused-ring (bicyclic) bond motifs is 3. The molecule has 7 heteroatoms. The summed E-state index contributed by atoms with van der Waals surface area (Å²) in [5.74, 6) is 2.01. The van der Waals surface area contributed by atoms with Crippen molar-refractivity contribution in [3.63, 3.8) is 0 Å². The molecule has 1 saturated heterocycles. The number of anilines is 1. The Hall–Kier alpha value is -1.28. The molecule has 2 aromatic rings. The van der Waals surface area contributed by atoms with E-state index in [0.717, 1.165) is 62.1 Å². The van der Waals surface area contributed by atoms with Crippen LogP contribution in [0.5, 0.6) is 0 Å². The number of thiophene rings is 1. The highest BCUT2D eigenvalue weighted by Gasteiger charge is 2.33. The molecule has 0 bridgehead atoms. The van der Waals surface area contributed by atoms with Crippen molar-refractivity contribution in [3.8, 4) is 0 Å². The third kappa shape index (κ3) is 3.11. The Morgan fingerprint density at radius 2 is 2.19 bits per heavy atom. The lowest BCUT2D eigenvalue weighted by molar-refractivity contribution is 0.137. The molecule has 2 aliphatic heterocycles. The van der Waals surface area contributed by atoms with Crippen LogP contribution in [0.2, 0.25) is 0 Å². The van der Waals surface area contributed by atoms with E-state index in [0.29, 0.717) is 6.04 Å². The molecule has 2 N–H and O–H groups in total. The number of aliphatic hydroxyl groups excluding tert-OH is 1. The number of nitrogens with one attached hydrogen (secondary N) is 1. The second-order valence-electron chi connectivity index (χ2n) is 7.86. The summed E-state index contributed by atoms with van der Waals surface area (Å²) in [6.07, 6.45) is 6.41. The molecule has 0 aromatic carbocycles. The smallest absolute Gasteiger partial charge is 0.141 e. The molecule has 0 amide bonds. The van der Waals surface area contributed by atoms with Gasteiger partial charge in [0.15, 0.2) is 0 Å². The zero-order chi connectivity index (χ0) is 17.5. The number of hydrogen-bond donors (Lipinski definition) is 2. The largest absolute Gasteiger partial charge is 0.396 e. The highest BCUT2D eigenvalue weighted by atomic mass is 32.1. The molecular formula is C19H27N5OS. The van der Waals surface area contributed by atoms with Crippen LogP contribution >= 0.6 is 11.3 Å². The van der Waals surface area contributed by atoms with Gasteiger partial charge in [-0.3, -0.25) is 4.90 Å². The second-order valence-corrected chi connectivity index (χ2v) is 8.94. The summed E-state index contributed by atoms with van der Waals surface area (Å²) in [5, 5.41) is 14.3. The van der Waals surface area contributed by atoms with E-state index < -0.39 is 0 Å². The van der Waals surface area contributed by atoms with Crippen molar-refractivity contribution < 1.29 is 5.11 Å². The molecule has 1 saturated carbocycles. The summed E-state index contributed by atoms with van der Waals surface area (Å²) >= 11 is 1.82. The maximum Gasteiger partial charge on any atom is 0.141 e. The average molecular weight is 374 g/mol. The van der Waals surface area contributed by atoms with Gasteiger partial charge in [0.2, 0.25) is 0 Å². The molecule has 2 fully saturated rings. The molecule has 0 radical (unpaired) electrons. The van der Waals surface area contributed by atoms with Gasteiger partial charge in [-0.25, -0.2) is 9.97 Å². The Morgan fingerprint density at radius 3 is 3.04 bits per heavy atom. The summed E-state index contributed by atoms with van der Waals surface area (Å²) in [6.45, 7) is 6.51. The number of rotatable bonds is 5. The number of aromatic nitrogens is 2. The van der Waals surface area contributed by atoms with E-state index in [1.807, 2.05) is 11.3 Å². The normalized spacial score (nSPS) is 24.2. The molecule has 0 spiro atoms. The lowest BCUT2D eigenvalue weighted by Crippen LogP contribution is -2.54. The first-order valence-electron chi connectivity index (χ1n) is 9.89.